The smallest absolute Gasteiger partial charge is 0.353 e. The van der Waals surface area contributed by atoms with Crippen LogP contribution in [0.15, 0.2) is 5.16 Å². The van der Waals surface area contributed by atoms with Crippen LogP contribution in [0.4, 0.5) is 0 Å². The van der Waals surface area contributed by atoms with E-state index in [4.69, 9.17) is 9.94 Å². The Labute approximate surface area is 118 Å². The minimum absolute atomic E-state index is 0.0613. The number of hydrogen-bond donors (Lipinski definition) is 1. The number of carbonyl (C=O) groups is 2. The lowest BCUT2D eigenvalue weighted by molar-refractivity contribution is -0.143. The molecule has 2 aliphatic heterocycles. The molecule has 1 N–H and O–H groups in total. The Morgan fingerprint density at radius 2 is 2.05 bits per heavy atom. The topological polar surface area (TPSA) is 82.4 Å². The summed E-state index contributed by atoms with van der Waals surface area (Å²) in [6, 6.07) is 0. The van der Waals surface area contributed by atoms with Crippen LogP contribution in [0.3, 0.4) is 0 Å². The zero-order valence-corrected chi connectivity index (χ0v) is 11.9. The van der Waals surface area contributed by atoms with Crippen LogP contribution >= 0.6 is 0 Å². The fourth-order valence-corrected chi connectivity index (χ4v) is 2.69. The molecule has 0 spiro atoms. The molecule has 2 rings (SSSR count). The Balaban J connectivity index is 1.80. The number of oxime groups is 1. The largest absolute Gasteiger partial charge is 0.477 e. The summed E-state index contributed by atoms with van der Waals surface area (Å²) in [5, 5.41) is 12.3. The number of aliphatic carboxylic acids is 1. The summed E-state index contributed by atoms with van der Waals surface area (Å²) in [6.07, 6.45) is 1.25. The lowest BCUT2D eigenvalue weighted by Gasteiger charge is -2.34. The van der Waals surface area contributed by atoms with Gasteiger partial charge in [0.1, 0.15) is 0 Å². The van der Waals surface area contributed by atoms with Crippen LogP contribution in [0.1, 0.15) is 19.3 Å². The molecule has 1 amide bonds. The summed E-state index contributed by atoms with van der Waals surface area (Å²) >= 11 is 0. The van der Waals surface area contributed by atoms with Crippen LogP contribution in [0.5, 0.6) is 0 Å². The maximum atomic E-state index is 12.2. The second kappa shape index (κ2) is 6.21. The van der Waals surface area contributed by atoms with Crippen LogP contribution in [-0.2, 0) is 14.4 Å². The third-order valence-corrected chi connectivity index (χ3v) is 3.74. The van der Waals surface area contributed by atoms with Gasteiger partial charge in [0.2, 0.25) is 6.10 Å². The lowest BCUT2D eigenvalue weighted by Crippen LogP contribution is -2.45. The maximum Gasteiger partial charge on any atom is 0.353 e. The fraction of sp³-hybridized carbons (Fsp3) is 0.769. The van der Waals surface area contributed by atoms with Crippen LogP contribution in [0.25, 0.3) is 0 Å². The van der Waals surface area contributed by atoms with Crippen molar-refractivity contribution in [1.29, 1.82) is 0 Å². The molecule has 0 bridgehead atoms. The summed E-state index contributed by atoms with van der Waals surface area (Å²) in [5.41, 5.74) is -0.0779. The van der Waals surface area contributed by atoms with Gasteiger partial charge >= 0.3 is 5.97 Å². The van der Waals surface area contributed by atoms with Gasteiger partial charge in [-0.1, -0.05) is 5.16 Å². The molecule has 0 aliphatic carbocycles. The van der Waals surface area contributed by atoms with Crippen molar-refractivity contribution in [2.75, 3.05) is 33.7 Å². The molecule has 0 aromatic heterocycles. The van der Waals surface area contributed by atoms with Gasteiger partial charge in [-0.05, 0) is 32.9 Å². The van der Waals surface area contributed by atoms with Gasteiger partial charge < -0.3 is 19.7 Å². The number of hydrogen-bond acceptors (Lipinski definition) is 5. The number of carboxylic acids is 1. The lowest BCUT2D eigenvalue weighted by atomic mass is 9.96. The van der Waals surface area contributed by atoms with E-state index in [1.807, 2.05) is 0 Å². The standard InChI is InChI=1S/C13H21N3O4/c1-15(2)8-9-3-5-16(6-4-9)12(17)11-7-10(13(18)19)14-20-11/h9,11H,3-8H2,1-2H3,(H,18,19). The number of carboxylic acid groups (broad SMARTS) is 1. The van der Waals surface area contributed by atoms with E-state index in [0.29, 0.717) is 19.0 Å². The number of amides is 1. The highest BCUT2D eigenvalue weighted by Crippen LogP contribution is 2.21. The van der Waals surface area contributed by atoms with Crippen molar-refractivity contribution in [2.45, 2.75) is 25.4 Å². The van der Waals surface area contributed by atoms with Crippen molar-refractivity contribution >= 4 is 17.6 Å². The summed E-state index contributed by atoms with van der Waals surface area (Å²) in [6.45, 7) is 2.45. The Morgan fingerprint density at radius 1 is 1.40 bits per heavy atom. The molecule has 1 saturated heterocycles. The summed E-state index contributed by atoms with van der Waals surface area (Å²) < 4.78 is 0. The van der Waals surface area contributed by atoms with Gasteiger partial charge in [0.05, 0.1) is 0 Å². The number of likely N-dealkylation sites (tertiary alicyclic amines) is 1. The fourth-order valence-electron chi connectivity index (χ4n) is 2.69. The molecule has 0 saturated carbocycles. The maximum absolute atomic E-state index is 12.2. The highest BCUT2D eigenvalue weighted by molar-refractivity contribution is 6.36. The first-order valence-electron chi connectivity index (χ1n) is 6.87. The van der Waals surface area contributed by atoms with Gasteiger partial charge in [-0.2, -0.15) is 0 Å². The first-order valence-corrected chi connectivity index (χ1v) is 6.87. The predicted molar refractivity (Wildman–Crippen MR) is 72.4 cm³/mol. The van der Waals surface area contributed by atoms with Crippen LogP contribution < -0.4 is 0 Å². The van der Waals surface area contributed by atoms with Gasteiger partial charge in [0.25, 0.3) is 5.91 Å². The Morgan fingerprint density at radius 3 is 2.55 bits per heavy atom. The van der Waals surface area contributed by atoms with Gasteiger partial charge in [-0.3, -0.25) is 4.79 Å². The SMILES string of the molecule is CN(C)CC1CCN(C(=O)C2CC(C(=O)O)=NO2)CC1. The van der Waals surface area contributed by atoms with Crippen molar-refractivity contribution in [3.8, 4) is 0 Å². The number of piperidine rings is 1. The van der Waals surface area contributed by atoms with Crippen LogP contribution in [0, 0.1) is 5.92 Å². The third kappa shape index (κ3) is 3.47. The molecule has 112 valence electrons. The number of carbonyl (C=O) groups excluding carboxylic acids is 1. The van der Waals surface area contributed by atoms with Crippen molar-refractivity contribution in [3.63, 3.8) is 0 Å². The average molecular weight is 283 g/mol. The minimum Gasteiger partial charge on any atom is -0.477 e. The molecule has 7 heteroatoms. The van der Waals surface area contributed by atoms with E-state index < -0.39 is 12.1 Å². The number of rotatable bonds is 4. The van der Waals surface area contributed by atoms with E-state index in [1.165, 1.54) is 0 Å². The number of nitrogens with zero attached hydrogens (tertiary/aromatic N) is 3. The second-order valence-corrected chi connectivity index (χ2v) is 5.67. The van der Waals surface area contributed by atoms with E-state index >= 15 is 0 Å². The van der Waals surface area contributed by atoms with Crippen molar-refractivity contribution in [3.05, 3.63) is 0 Å². The highest BCUT2D eigenvalue weighted by Gasteiger charge is 2.35. The quantitative estimate of drug-likeness (QED) is 0.786. The molecule has 1 fully saturated rings. The molecule has 2 heterocycles. The van der Waals surface area contributed by atoms with E-state index in [1.54, 1.807) is 4.90 Å². The summed E-state index contributed by atoms with van der Waals surface area (Å²) in [5.74, 6) is -0.650. The van der Waals surface area contributed by atoms with Crippen LogP contribution in [0.2, 0.25) is 0 Å². The van der Waals surface area contributed by atoms with Gasteiger partial charge in [0, 0.05) is 26.1 Å². The van der Waals surface area contributed by atoms with Gasteiger partial charge in [-0.15, -0.1) is 0 Å². The average Bonchev–Trinajstić information content (AvgIpc) is 2.88. The molecule has 0 aromatic carbocycles. The van der Waals surface area contributed by atoms with Gasteiger partial charge in [-0.25, -0.2) is 4.79 Å². The van der Waals surface area contributed by atoms with E-state index in [9.17, 15) is 9.59 Å². The van der Waals surface area contributed by atoms with Crippen molar-refractivity contribution in [1.82, 2.24) is 9.80 Å². The molecule has 1 unspecified atom stereocenters. The first-order chi connectivity index (χ1) is 9.47. The Hall–Kier alpha value is -1.63. The molecular formula is C13H21N3O4. The molecular weight excluding hydrogens is 262 g/mol. The zero-order valence-electron chi connectivity index (χ0n) is 11.9. The summed E-state index contributed by atoms with van der Waals surface area (Å²) in [7, 11) is 4.10. The monoisotopic (exact) mass is 283 g/mol. The van der Waals surface area contributed by atoms with E-state index in [0.717, 1.165) is 19.4 Å². The third-order valence-electron chi connectivity index (χ3n) is 3.74. The predicted octanol–water partition coefficient (Wildman–Crippen LogP) is 0.0161. The molecule has 1 atom stereocenters. The Kier molecular flexibility index (Phi) is 4.59. The zero-order chi connectivity index (χ0) is 14.7. The van der Waals surface area contributed by atoms with Crippen LogP contribution in [-0.4, -0.2) is 72.3 Å². The van der Waals surface area contributed by atoms with Crippen molar-refractivity contribution in [2.24, 2.45) is 11.1 Å². The molecule has 0 radical (unpaired) electrons. The van der Waals surface area contributed by atoms with Crippen molar-refractivity contribution < 1.29 is 19.5 Å². The molecule has 7 nitrogen and oxygen atoms in total. The normalized spacial score (nSPS) is 23.6. The summed E-state index contributed by atoms with van der Waals surface area (Å²) in [4.78, 5) is 31.8. The Bertz CT molecular complexity index is 414. The van der Waals surface area contributed by atoms with Gasteiger partial charge in [0.15, 0.2) is 5.71 Å². The first kappa shape index (κ1) is 14.8. The molecule has 2 aliphatic rings. The minimum atomic E-state index is -1.12. The van der Waals surface area contributed by atoms with E-state index in [-0.39, 0.29) is 18.0 Å². The molecule has 20 heavy (non-hydrogen) atoms. The highest BCUT2D eigenvalue weighted by atomic mass is 16.6. The second-order valence-electron chi connectivity index (χ2n) is 5.67. The molecule has 0 aromatic rings. The van der Waals surface area contributed by atoms with E-state index in [2.05, 4.69) is 24.2 Å².